The molecule has 28 heavy (non-hydrogen) atoms. The Labute approximate surface area is 164 Å². The van der Waals surface area contributed by atoms with E-state index >= 15 is 0 Å². The van der Waals surface area contributed by atoms with Crippen LogP contribution < -0.4 is 14.8 Å². The van der Waals surface area contributed by atoms with Crippen LogP contribution in [0.15, 0.2) is 41.0 Å². The van der Waals surface area contributed by atoms with Gasteiger partial charge in [-0.3, -0.25) is 9.59 Å². The average molecular weight is 386 g/mol. The largest absolute Gasteiger partial charge is 0.493 e. The highest BCUT2D eigenvalue weighted by Gasteiger charge is 2.33. The van der Waals surface area contributed by atoms with Crippen molar-refractivity contribution in [3.05, 3.63) is 47.9 Å². The molecular formula is C21H26N2O5. The number of benzene rings is 1. The third kappa shape index (κ3) is 4.47. The lowest BCUT2D eigenvalue weighted by atomic mass is 10.0. The zero-order valence-electron chi connectivity index (χ0n) is 16.3. The van der Waals surface area contributed by atoms with E-state index in [2.05, 4.69) is 5.32 Å². The SMILES string of the molecule is CCOc1ccc(CNC(=O)C2CCCCN2C(=O)c2ccco2)cc1OC. The van der Waals surface area contributed by atoms with E-state index in [9.17, 15) is 9.59 Å². The number of likely N-dealkylation sites (tertiary alicyclic amines) is 1. The van der Waals surface area contributed by atoms with Crippen molar-refractivity contribution in [1.29, 1.82) is 0 Å². The van der Waals surface area contributed by atoms with Gasteiger partial charge in [-0.15, -0.1) is 0 Å². The van der Waals surface area contributed by atoms with E-state index in [0.717, 1.165) is 18.4 Å². The molecule has 0 saturated carbocycles. The fourth-order valence-electron chi connectivity index (χ4n) is 3.39. The van der Waals surface area contributed by atoms with Gasteiger partial charge < -0.3 is 24.1 Å². The van der Waals surface area contributed by atoms with Crippen LogP contribution in [-0.2, 0) is 11.3 Å². The summed E-state index contributed by atoms with van der Waals surface area (Å²) in [6.07, 6.45) is 3.90. The molecule has 1 aromatic heterocycles. The van der Waals surface area contributed by atoms with E-state index in [1.165, 1.54) is 6.26 Å². The molecule has 0 bridgehead atoms. The standard InChI is InChI=1S/C21H26N2O5/c1-3-27-17-10-9-15(13-19(17)26-2)14-22-20(24)16-7-4-5-11-23(16)21(25)18-8-6-12-28-18/h6,8-10,12-13,16H,3-5,7,11,14H2,1-2H3,(H,22,24). The smallest absolute Gasteiger partial charge is 0.290 e. The maximum absolute atomic E-state index is 12.8. The first-order valence-electron chi connectivity index (χ1n) is 9.56. The van der Waals surface area contributed by atoms with E-state index in [4.69, 9.17) is 13.9 Å². The Morgan fingerprint density at radius 1 is 1.25 bits per heavy atom. The van der Waals surface area contributed by atoms with Crippen molar-refractivity contribution in [3.8, 4) is 11.5 Å². The van der Waals surface area contributed by atoms with Gasteiger partial charge in [0.25, 0.3) is 5.91 Å². The van der Waals surface area contributed by atoms with Crippen molar-refractivity contribution in [1.82, 2.24) is 10.2 Å². The Kier molecular flexibility index (Phi) is 6.57. The molecule has 0 spiro atoms. The van der Waals surface area contributed by atoms with Crippen LogP contribution in [0.25, 0.3) is 0 Å². The molecule has 1 aliphatic heterocycles. The summed E-state index contributed by atoms with van der Waals surface area (Å²) in [6, 6.07) is 8.37. The molecule has 0 aliphatic carbocycles. The molecule has 7 nitrogen and oxygen atoms in total. The molecule has 1 fully saturated rings. The van der Waals surface area contributed by atoms with Crippen LogP contribution in [0.5, 0.6) is 11.5 Å². The molecular weight excluding hydrogens is 360 g/mol. The maximum Gasteiger partial charge on any atom is 0.290 e. The first-order chi connectivity index (χ1) is 13.6. The lowest BCUT2D eigenvalue weighted by Crippen LogP contribution is -2.51. The second kappa shape index (κ2) is 9.30. The molecule has 2 heterocycles. The first kappa shape index (κ1) is 19.8. The molecule has 1 saturated heterocycles. The zero-order chi connectivity index (χ0) is 19.9. The second-order valence-electron chi connectivity index (χ2n) is 6.62. The topological polar surface area (TPSA) is 81.0 Å². The Balaban J connectivity index is 1.65. The predicted molar refractivity (Wildman–Crippen MR) is 103 cm³/mol. The summed E-state index contributed by atoms with van der Waals surface area (Å²) in [5.41, 5.74) is 0.897. The van der Waals surface area contributed by atoms with Crippen LogP contribution in [0.4, 0.5) is 0 Å². The van der Waals surface area contributed by atoms with Crippen LogP contribution in [-0.4, -0.2) is 43.0 Å². The third-order valence-corrected chi connectivity index (χ3v) is 4.79. The highest BCUT2D eigenvalue weighted by atomic mass is 16.5. The molecule has 1 atom stereocenters. The number of nitrogens with zero attached hydrogens (tertiary/aromatic N) is 1. The number of hydrogen-bond acceptors (Lipinski definition) is 5. The van der Waals surface area contributed by atoms with E-state index in [1.54, 1.807) is 24.1 Å². The van der Waals surface area contributed by atoms with E-state index in [0.29, 0.717) is 37.6 Å². The number of hydrogen-bond donors (Lipinski definition) is 1. The maximum atomic E-state index is 12.8. The van der Waals surface area contributed by atoms with Gasteiger partial charge in [0, 0.05) is 13.1 Å². The van der Waals surface area contributed by atoms with E-state index in [-0.39, 0.29) is 17.6 Å². The van der Waals surface area contributed by atoms with Crippen molar-refractivity contribution >= 4 is 11.8 Å². The molecule has 1 unspecified atom stereocenters. The van der Waals surface area contributed by atoms with Gasteiger partial charge in [-0.25, -0.2) is 0 Å². The molecule has 2 amide bonds. The normalized spacial score (nSPS) is 16.5. The quantitative estimate of drug-likeness (QED) is 0.791. The van der Waals surface area contributed by atoms with Crippen LogP contribution in [0.2, 0.25) is 0 Å². The minimum Gasteiger partial charge on any atom is -0.493 e. The summed E-state index contributed by atoms with van der Waals surface area (Å²) < 4.78 is 16.1. The Bertz CT molecular complexity index is 803. The summed E-state index contributed by atoms with van der Waals surface area (Å²) in [7, 11) is 1.58. The number of piperidine rings is 1. The van der Waals surface area contributed by atoms with Gasteiger partial charge in [0.2, 0.25) is 5.91 Å². The van der Waals surface area contributed by atoms with Gasteiger partial charge >= 0.3 is 0 Å². The van der Waals surface area contributed by atoms with E-state index in [1.807, 2.05) is 25.1 Å². The monoisotopic (exact) mass is 386 g/mol. The lowest BCUT2D eigenvalue weighted by Gasteiger charge is -2.34. The molecule has 3 rings (SSSR count). The van der Waals surface area contributed by atoms with Crippen LogP contribution in [0.1, 0.15) is 42.3 Å². The molecule has 1 N–H and O–H groups in total. The number of ether oxygens (including phenoxy) is 2. The number of amides is 2. The fraction of sp³-hybridized carbons (Fsp3) is 0.429. The van der Waals surface area contributed by atoms with Crippen molar-refractivity contribution in [2.24, 2.45) is 0 Å². The van der Waals surface area contributed by atoms with Crippen LogP contribution in [0.3, 0.4) is 0 Å². The van der Waals surface area contributed by atoms with Crippen molar-refractivity contribution in [3.63, 3.8) is 0 Å². The van der Waals surface area contributed by atoms with Gasteiger partial charge in [-0.1, -0.05) is 6.07 Å². The number of carbonyl (C=O) groups excluding carboxylic acids is 2. The summed E-state index contributed by atoms with van der Waals surface area (Å²) in [4.78, 5) is 27.1. The van der Waals surface area contributed by atoms with Gasteiger partial charge in [-0.2, -0.15) is 0 Å². The number of rotatable bonds is 7. The molecule has 2 aromatic rings. The Morgan fingerprint density at radius 2 is 2.11 bits per heavy atom. The summed E-state index contributed by atoms with van der Waals surface area (Å²) >= 11 is 0. The highest BCUT2D eigenvalue weighted by molar-refractivity contribution is 5.95. The zero-order valence-corrected chi connectivity index (χ0v) is 16.3. The molecule has 1 aromatic carbocycles. The van der Waals surface area contributed by atoms with Gasteiger partial charge in [0.05, 0.1) is 20.0 Å². The van der Waals surface area contributed by atoms with Crippen molar-refractivity contribution in [2.45, 2.75) is 38.8 Å². The summed E-state index contributed by atoms with van der Waals surface area (Å²) in [5.74, 6) is 1.15. The van der Waals surface area contributed by atoms with Crippen LogP contribution >= 0.6 is 0 Å². The number of carbonyl (C=O) groups is 2. The van der Waals surface area contributed by atoms with Gasteiger partial charge in [0.15, 0.2) is 17.3 Å². The molecule has 150 valence electrons. The van der Waals surface area contributed by atoms with Crippen molar-refractivity contribution < 1.29 is 23.5 Å². The Morgan fingerprint density at radius 3 is 2.82 bits per heavy atom. The highest BCUT2D eigenvalue weighted by Crippen LogP contribution is 2.28. The predicted octanol–water partition coefficient (Wildman–Crippen LogP) is 3.00. The first-order valence-corrected chi connectivity index (χ1v) is 9.56. The van der Waals surface area contributed by atoms with Crippen molar-refractivity contribution in [2.75, 3.05) is 20.3 Å². The molecule has 7 heteroatoms. The Hall–Kier alpha value is -2.96. The average Bonchev–Trinajstić information content (AvgIpc) is 3.27. The summed E-state index contributed by atoms with van der Waals surface area (Å²) in [5, 5.41) is 2.94. The molecule has 0 radical (unpaired) electrons. The lowest BCUT2D eigenvalue weighted by molar-refractivity contribution is -0.126. The van der Waals surface area contributed by atoms with E-state index < -0.39 is 6.04 Å². The number of nitrogens with one attached hydrogen (secondary N) is 1. The number of methoxy groups -OCH3 is 1. The fourth-order valence-corrected chi connectivity index (χ4v) is 3.39. The second-order valence-corrected chi connectivity index (χ2v) is 6.62. The summed E-state index contributed by atoms with van der Waals surface area (Å²) in [6.45, 7) is 3.36. The minimum atomic E-state index is -0.490. The third-order valence-electron chi connectivity index (χ3n) is 4.79. The van der Waals surface area contributed by atoms with Gasteiger partial charge in [-0.05, 0) is 56.0 Å². The van der Waals surface area contributed by atoms with Crippen LogP contribution in [0, 0.1) is 0 Å². The van der Waals surface area contributed by atoms with Gasteiger partial charge in [0.1, 0.15) is 6.04 Å². The molecule has 1 aliphatic rings. The number of furan rings is 1. The minimum absolute atomic E-state index is 0.160.